The van der Waals surface area contributed by atoms with Gasteiger partial charge in [-0.2, -0.15) is 0 Å². The van der Waals surface area contributed by atoms with Crippen LogP contribution in [0.3, 0.4) is 0 Å². The minimum Gasteiger partial charge on any atom is -0.444 e. The molecular weight excluding hydrogens is 296 g/mol. The second kappa shape index (κ2) is 8.73. The number of amides is 1. The molecule has 1 aromatic rings. The molecule has 1 aromatic heterocycles. The van der Waals surface area contributed by atoms with Gasteiger partial charge >= 0.3 is 6.09 Å². The standard InChI is InChI=1S/C16H22N4O3/c1-13(8-11-19-22)20(15(21)23-16(2,3)4)12-5-7-14-17-9-6-10-18-14/h6,9-11,13,22H,8,12H2,1-4H3/b19-11+/t13-/m0/s1. The van der Waals surface area contributed by atoms with Crippen molar-refractivity contribution in [3.8, 4) is 11.8 Å². The lowest BCUT2D eigenvalue weighted by Crippen LogP contribution is -2.42. The Balaban J connectivity index is 2.82. The van der Waals surface area contributed by atoms with E-state index in [4.69, 9.17) is 9.94 Å². The second-order valence-electron chi connectivity index (χ2n) is 5.87. The van der Waals surface area contributed by atoms with Crippen LogP contribution in [-0.4, -0.2) is 50.6 Å². The van der Waals surface area contributed by atoms with E-state index in [1.54, 1.807) is 39.2 Å². The van der Waals surface area contributed by atoms with Crippen molar-refractivity contribution in [1.82, 2.24) is 14.9 Å². The highest BCUT2D eigenvalue weighted by Crippen LogP contribution is 2.12. The summed E-state index contributed by atoms with van der Waals surface area (Å²) in [6.45, 7) is 7.38. The maximum Gasteiger partial charge on any atom is 0.411 e. The van der Waals surface area contributed by atoms with Crippen LogP contribution in [-0.2, 0) is 4.74 Å². The fourth-order valence-electron chi connectivity index (χ4n) is 1.62. The first-order valence-corrected chi connectivity index (χ1v) is 7.25. The van der Waals surface area contributed by atoms with Crippen molar-refractivity contribution in [2.75, 3.05) is 6.54 Å². The van der Waals surface area contributed by atoms with Crippen LogP contribution in [0, 0.1) is 11.8 Å². The molecular formula is C16H22N4O3. The van der Waals surface area contributed by atoms with Gasteiger partial charge in [0.2, 0.25) is 5.82 Å². The maximum atomic E-state index is 12.3. The molecule has 1 amide bonds. The summed E-state index contributed by atoms with van der Waals surface area (Å²) in [5, 5.41) is 11.5. The topological polar surface area (TPSA) is 87.9 Å². The third kappa shape index (κ3) is 7.27. The summed E-state index contributed by atoms with van der Waals surface area (Å²) >= 11 is 0. The van der Waals surface area contributed by atoms with E-state index in [-0.39, 0.29) is 12.6 Å². The van der Waals surface area contributed by atoms with E-state index >= 15 is 0 Å². The Morgan fingerprint density at radius 2 is 2.13 bits per heavy atom. The lowest BCUT2D eigenvalue weighted by atomic mass is 10.2. The lowest BCUT2D eigenvalue weighted by molar-refractivity contribution is 0.0213. The number of hydrogen-bond donors (Lipinski definition) is 1. The van der Waals surface area contributed by atoms with E-state index < -0.39 is 11.7 Å². The largest absolute Gasteiger partial charge is 0.444 e. The molecule has 1 heterocycles. The summed E-state index contributed by atoms with van der Waals surface area (Å²) in [4.78, 5) is 21.8. The van der Waals surface area contributed by atoms with Gasteiger partial charge in [-0.15, -0.1) is 5.16 Å². The highest BCUT2D eigenvalue weighted by molar-refractivity contribution is 5.70. The molecule has 1 N–H and O–H groups in total. The van der Waals surface area contributed by atoms with Crippen LogP contribution in [0.5, 0.6) is 0 Å². The fourth-order valence-corrected chi connectivity index (χ4v) is 1.62. The summed E-state index contributed by atoms with van der Waals surface area (Å²) in [6.07, 6.45) is 4.45. The predicted molar refractivity (Wildman–Crippen MR) is 86.2 cm³/mol. The second-order valence-corrected chi connectivity index (χ2v) is 5.87. The van der Waals surface area contributed by atoms with Crippen molar-refractivity contribution in [2.24, 2.45) is 5.16 Å². The molecule has 0 aliphatic carbocycles. The van der Waals surface area contributed by atoms with Crippen LogP contribution in [0.1, 0.15) is 39.9 Å². The van der Waals surface area contributed by atoms with Gasteiger partial charge in [0.25, 0.3) is 0 Å². The summed E-state index contributed by atoms with van der Waals surface area (Å²) < 4.78 is 5.38. The molecule has 7 heteroatoms. The van der Waals surface area contributed by atoms with E-state index in [1.165, 1.54) is 11.1 Å². The molecule has 1 rings (SSSR count). The van der Waals surface area contributed by atoms with Crippen molar-refractivity contribution in [3.05, 3.63) is 24.3 Å². The average molecular weight is 318 g/mol. The van der Waals surface area contributed by atoms with Crippen LogP contribution >= 0.6 is 0 Å². The molecule has 0 fully saturated rings. The Bertz CT molecular complexity index is 585. The Hall–Kier alpha value is -2.62. The quantitative estimate of drug-likeness (QED) is 0.398. The number of nitrogens with zero attached hydrogens (tertiary/aromatic N) is 4. The van der Waals surface area contributed by atoms with Crippen molar-refractivity contribution in [3.63, 3.8) is 0 Å². The van der Waals surface area contributed by atoms with Gasteiger partial charge in [0.1, 0.15) is 5.60 Å². The highest BCUT2D eigenvalue weighted by atomic mass is 16.6. The molecule has 0 saturated carbocycles. The molecule has 0 radical (unpaired) electrons. The normalized spacial score (nSPS) is 12.3. The molecule has 0 aliphatic rings. The first-order chi connectivity index (χ1) is 10.8. The minimum atomic E-state index is -0.601. The Labute approximate surface area is 136 Å². The molecule has 0 unspecified atom stereocenters. The summed E-state index contributed by atoms with van der Waals surface area (Å²) in [6, 6.07) is 1.47. The zero-order chi connectivity index (χ0) is 17.3. The number of aromatic nitrogens is 2. The van der Waals surface area contributed by atoms with Crippen molar-refractivity contribution < 1.29 is 14.7 Å². The Morgan fingerprint density at radius 1 is 1.48 bits per heavy atom. The fraction of sp³-hybridized carbons (Fsp3) is 0.500. The minimum absolute atomic E-state index is 0.160. The molecule has 0 aromatic carbocycles. The van der Waals surface area contributed by atoms with Crippen LogP contribution in [0.15, 0.2) is 23.6 Å². The van der Waals surface area contributed by atoms with E-state index in [0.717, 1.165) is 0 Å². The molecule has 0 aliphatic heterocycles. The molecule has 0 bridgehead atoms. The molecule has 0 spiro atoms. The average Bonchev–Trinajstić information content (AvgIpc) is 2.48. The monoisotopic (exact) mass is 318 g/mol. The molecule has 23 heavy (non-hydrogen) atoms. The number of carbonyl (C=O) groups is 1. The summed E-state index contributed by atoms with van der Waals surface area (Å²) in [5.41, 5.74) is -0.601. The summed E-state index contributed by atoms with van der Waals surface area (Å²) in [5.74, 6) is 6.06. The first-order valence-electron chi connectivity index (χ1n) is 7.25. The van der Waals surface area contributed by atoms with Crippen LogP contribution in [0.2, 0.25) is 0 Å². The zero-order valence-corrected chi connectivity index (χ0v) is 13.9. The number of ether oxygens (including phenoxy) is 1. The predicted octanol–water partition coefficient (Wildman–Crippen LogP) is 2.30. The molecule has 0 saturated heterocycles. The van der Waals surface area contributed by atoms with Gasteiger partial charge in [0.05, 0.1) is 6.54 Å². The number of hydrogen-bond acceptors (Lipinski definition) is 6. The van der Waals surface area contributed by atoms with Gasteiger partial charge in [-0.3, -0.25) is 4.90 Å². The molecule has 124 valence electrons. The smallest absolute Gasteiger partial charge is 0.411 e. The number of oxime groups is 1. The van der Waals surface area contributed by atoms with Crippen LogP contribution in [0.4, 0.5) is 4.79 Å². The first kappa shape index (κ1) is 18.4. The Morgan fingerprint density at radius 3 is 2.70 bits per heavy atom. The van der Waals surface area contributed by atoms with E-state index in [9.17, 15) is 4.79 Å². The van der Waals surface area contributed by atoms with Gasteiger partial charge in [0, 0.05) is 31.1 Å². The third-order valence-corrected chi connectivity index (χ3v) is 2.70. The SMILES string of the molecule is C[C@@H](C/C=N/O)N(CC#Cc1ncccn1)C(=O)OC(C)(C)C. The van der Waals surface area contributed by atoms with Gasteiger partial charge < -0.3 is 9.94 Å². The zero-order valence-electron chi connectivity index (χ0n) is 13.9. The van der Waals surface area contributed by atoms with Crippen molar-refractivity contribution in [1.29, 1.82) is 0 Å². The molecule has 7 nitrogen and oxygen atoms in total. The number of carbonyl (C=O) groups excluding carboxylic acids is 1. The van der Waals surface area contributed by atoms with Crippen LogP contribution < -0.4 is 0 Å². The van der Waals surface area contributed by atoms with Crippen molar-refractivity contribution >= 4 is 12.3 Å². The van der Waals surface area contributed by atoms with Crippen LogP contribution in [0.25, 0.3) is 0 Å². The van der Waals surface area contributed by atoms with Crippen molar-refractivity contribution in [2.45, 2.75) is 45.8 Å². The van der Waals surface area contributed by atoms with E-state index in [1.807, 2.05) is 6.92 Å². The van der Waals surface area contributed by atoms with Gasteiger partial charge in [-0.05, 0) is 39.7 Å². The van der Waals surface area contributed by atoms with E-state index in [2.05, 4.69) is 27.0 Å². The Kier molecular flexibility index (Phi) is 7.00. The number of rotatable bonds is 4. The molecule has 1 atom stereocenters. The summed E-state index contributed by atoms with van der Waals surface area (Å²) in [7, 11) is 0. The lowest BCUT2D eigenvalue weighted by Gasteiger charge is -2.29. The van der Waals surface area contributed by atoms with Gasteiger partial charge in [-0.1, -0.05) is 5.92 Å². The van der Waals surface area contributed by atoms with Gasteiger partial charge in [-0.25, -0.2) is 14.8 Å². The van der Waals surface area contributed by atoms with E-state index in [0.29, 0.717) is 12.2 Å². The highest BCUT2D eigenvalue weighted by Gasteiger charge is 2.25. The van der Waals surface area contributed by atoms with Gasteiger partial charge in [0.15, 0.2) is 0 Å². The third-order valence-electron chi connectivity index (χ3n) is 2.70. The maximum absolute atomic E-state index is 12.3.